The molecule has 0 radical (unpaired) electrons. The Morgan fingerprint density at radius 3 is 2.65 bits per heavy atom. The maximum Gasteiger partial charge on any atom is 0.209 e. The Morgan fingerprint density at radius 2 is 2.06 bits per heavy atom. The minimum atomic E-state index is -3.40. The van der Waals surface area contributed by atoms with E-state index in [0.717, 1.165) is 0 Å². The molecule has 0 saturated carbocycles. The molecule has 7 heteroatoms. The lowest BCUT2D eigenvalue weighted by molar-refractivity contribution is 0.308. The Morgan fingerprint density at radius 1 is 1.35 bits per heavy atom. The normalized spacial score (nSPS) is 11.5. The van der Waals surface area contributed by atoms with Crippen molar-refractivity contribution in [3.63, 3.8) is 0 Å². The Balaban J connectivity index is 2.29. The predicted molar refractivity (Wildman–Crippen MR) is 66.8 cm³/mol. The highest BCUT2D eigenvalue weighted by Gasteiger charge is 2.03. The van der Waals surface area contributed by atoms with E-state index in [2.05, 4.69) is 15.9 Å². The lowest BCUT2D eigenvalue weighted by Gasteiger charge is -2.06. The third kappa shape index (κ3) is 5.99. The Kier molecular flexibility index (Phi) is 5.35. The maximum absolute atomic E-state index is 13.1. The summed E-state index contributed by atoms with van der Waals surface area (Å²) in [6.45, 7) is 0.330. The number of hydrogen-bond donors (Lipinski definition) is 1. The van der Waals surface area contributed by atoms with E-state index in [1.807, 2.05) is 0 Å². The molecule has 1 aromatic rings. The van der Waals surface area contributed by atoms with E-state index >= 15 is 0 Å². The topological polar surface area (TPSA) is 69.4 Å². The van der Waals surface area contributed by atoms with Gasteiger partial charge in [0, 0.05) is 6.07 Å². The lowest BCUT2D eigenvalue weighted by atomic mass is 10.3. The van der Waals surface area contributed by atoms with Gasteiger partial charge in [-0.05, 0) is 40.9 Å². The molecule has 1 rings (SSSR count). The summed E-state index contributed by atoms with van der Waals surface area (Å²) in [4.78, 5) is 0. The van der Waals surface area contributed by atoms with Crippen LogP contribution in [-0.2, 0) is 10.0 Å². The molecule has 0 bridgehead atoms. The van der Waals surface area contributed by atoms with Crippen LogP contribution in [0.4, 0.5) is 4.39 Å². The van der Waals surface area contributed by atoms with Gasteiger partial charge >= 0.3 is 0 Å². The maximum atomic E-state index is 13.1. The van der Waals surface area contributed by atoms with E-state index < -0.39 is 15.8 Å². The van der Waals surface area contributed by atoms with Gasteiger partial charge in [0.2, 0.25) is 10.0 Å². The van der Waals surface area contributed by atoms with Crippen LogP contribution in [-0.4, -0.2) is 20.8 Å². The number of unbranched alkanes of at least 4 members (excludes halogenated alkanes) is 1. The number of rotatable bonds is 6. The third-order valence-corrected chi connectivity index (χ3v) is 3.48. The van der Waals surface area contributed by atoms with E-state index in [9.17, 15) is 12.8 Å². The highest BCUT2D eigenvalue weighted by molar-refractivity contribution is 9.10. The van der Waals surface area contributed by atoms with Crippen molar-refractivity contribution in [3.05, 3.63) is 28.5 Å². The van der Waals surface area contributed by atoms with Gasteiger partial charge in [-0.15, -0.1) is 0 Å². The van der Waals surface area contributed by atoms with E-state index in [0.29, 0.717) is 29.7 Å². The van der Waals surface area contributed by atoms with Gasteiger partial charge in [-0.25, -0.2) is 17.9 Å². The zero-order valence-electron chi connectivity index (χ0n) is 9.03. The van der Waals surface area contributed by atoms with Crippen LogP contribution in [0.5, 0.6) is 5.75 Å². The Hall–Kier alpha value is -0.660. The molecule has 0 heterocycles. The van der Waals surface area contributed by atoms with Crippen molar-refractivity contribution in [2.75, 3.05) is 12.4 Å². The molecule has 0 aliphatic rings. The number of nitrogens with two attached hydrogens (primary N) is 1. The first-order valence-electron chi connectivity index (χ1n) is 4.97. The highest BCUT2D eigenvalue weighted by atomic mass is 79.9. The molecule has 0 unspecified atom stereocenters. The molecule has 2 N–H and O–H groups in total. The summed E-state index contributed by atoms with van der Waals surface area (Å²) in [6, 6.07) is 4.45. The van der Waals surface area contributed by atoms with Crippen LogP contribution in [0.25, 0.3) is 0 Å². The van der Waals surface area contributed by atoms with Crippen LogP contribution < -0.4 is 9.88 Å². The zero-order valence-corrected chi connectivity index (χ0v) is 11.4. The molecule has 0 atom stereocenters. The summed E-state index contributed by atoms with van der Waals surface area (Å²) in [5.41, 5.74) is 0. The summed E-state index contributed by atoms with van der Waals surface area (Å²) >= 11 is 3.03. The van der Waals surface area contributed by atoms with Crippen molar-refractivity contribution >= 4 is 26.0 Å². The first-order valence-corrected chi connectivity index (χ1v) is 7.47. The molecule has 0 aliphatic carbocycles. The third-order valence-electron chi connectivity index (χ3n) is 1.98. The number of hydrogen-bond acceptors (Lipinski definition) is 3. The van der Waals surface area contributed by atoms with E-state index in [1.165, 1.54) is 6.07 Å². The largest absolute Gasteiger partial charge is 0.493 e. The number of halogens is 2. The van der Waals surface area contributed by atoms with Gasteiger partial charge in [-0.3, -0.25) is 0 Å². The molecule has 0 aliphatic heterocycles. The predicted octanol–water partition coefficient (Wildman–Crippen LogP) is 2.04. The van der Waals surface area contributed by atoms with Gasteiger partial charge in [0.15, 0.2) is 0 Å². The first-order chi connectivity index (χ1) is 7.88. The van der Waals surface area contributed by atoms with Crippen LogP contribution in [0, 0.1) is 5.82 Å². The minimum Gasteiger partial charge on any atom is -0.493 e. The SMILES string of the molecule is NS(=O)(=O)CCCCOc1ccc(Br)c(F)c1. The van der Waals surface area contributed by atoms with Crippen LogP contribution in [0.15, 0.2) is 22.7 Å². The highest BCUT2D eigenvalue weighted by Crippen LogP contribution is 2.20. The smallest absolute Gasteiger partial charge is 0.209 e. The molecule has 17 heavy (non-hydrogen) atoms. The summed E-state index contributed by atoms with van der Waals surface area (Å²) in [7, 11) is -3.40. The van der Waals surface area contributed by atoms with Crippen molar-refractivity contribution in [1.29, 1.82) is 0 Å². The Labute approximate surface area is 108 Å². The quantitative estimate of drug-likeness (QED) is 0.813. The molecule has 0 spiro atoms. The number of sulfonamides is 1. The fraction of sp³-hybridized carbons (Fsp3) is 0.400. The monoisotopic (exact) mass is 325 g/mol. The molecule has 96 valence electrons. The molecule has 0 aromatic heterocycles. The molecule has 4 nitrogen and oxygen atoms in total. The second kappa shape index (κ2) is 6.32. The molecule has 1 aromatic carbocycles. The van der Waals surface area contributed by atoms with Crippen molar-refractivity contribution in [2.45, 2.75) is 12.8 Å². The summed E-state index contributed by atoms with van der Waals surface area (Å²) in [5, 5.41) is 4.84. The molecular formula is C10H13BrFNO3S. The van der Waals surface area contributed by atoms with Crippen molar-refractivity contribution in [2.24, 2.45) is 5.14 Å². The van der Waals surface area contributed by atoms with Gasteiger partial charge < -0.3 is 4.74 Å². The van der Waals surface area contributed by atoms with E-state index in [4.69, 9.17) is 9.88 Å². The molecule has 0 fully saturated rings. The molecule has 0 amide bonds. The van der Waals surface area contributed by atoms with Gasteiger partial charge in [-0.1, -0.05) is 0 Å². The van der Waals surface area contributed by atoms with Gasteiger partial charge in [0.05, 0.1) is 16.8 Å². The average Bonchev–Trinajstić information content (AvgIpc) is 2.21. The first kappa shape index (κ1) is 14.4. The van der Waals surface area contributed by atoms with Crippen molar-refractivity contribution in [1.82, 2.24) is 0 Å². The van der Waals surface area contributed by atoms with Crippen molar-refractivity contribution < 1.29 is 17.5 Å². The van der Waals surface area contributed by atoms with E-state index in [-0.39, 0.29) is 5.75 Å². The summed E-state index contributed by atoms with van der Waals surface area (Å²) in [6.07, 6.45) is 0.978. The van der Waals surface area contributed by atoms with Gasteiger partial charge in [0.25, 0.3) is 0 Å². The van der Waals surface area contributed by atoms with Crippen LogP contribution >= 0.6 is 15.9 Å². The van der Waals surface area contributed by atoms with E-state index in [1.54, 1.807) is 12.1 Å². The average molecular weight is 326 g/mol. The summed E-state index contributed by atoms with van der Waals surface area (Å²) in [5.74, 6) is -0.0428. The second-order valence-electron chi connectivity index (χ2n) is 3.50. The molecular weight excluding hydrogens is 313 g/mol. The minimum absolute atomic E-state index is 0.0644. The zero-order chi connectivity index (χ0) is 12.9. The van der Waals surface area contributed by atoms with Gasteiger partial charge in [0.1, 0.15) is 11.6 Å². The van der Waals surface area contributed by atoms with Crippen LogP contribution in [0.1, 0.15) is 12.8 Å². The standard InChI is InChI=1S/C10H13BrFNO3S/c11-9-4-3-8(7-10(9)12)16-5-1-2-6-17(13,14)15/h3-4,7H,1-2,5-6H2,(H2,13,14,15). The summed E-state index contributed by atoms with van der Waals surface area (Å²) < 4.78 is 40.0. The molecule has 0 saturated heterocycles. The second-order valence-corrected chi connectivity index (χ2v) is 6.09. The number of ether oxygens (including phenoxy) is 1. The van der Waals surface area contributed by atoms with Gasteiger partial charge in [-0.2, -0.15) is 0 Å². The Bertz CT molecular complexity index is 478. The van der Waals surface area contributed by atoms with Crippen LogP contribution in [0.2, 0.25) is 0 Å². The number of primary sulfonamides is 1. The van der Waals surface area contributed by atoms with Crippen molar-refractivity contribution in [3.8, 4) is 5.75 Å². The lowest BCUT2D eigenvalue weighted by Crippen LogP contribution is -2.16. The number of benzene rings is 1. The fourth-order valence-corrected chi connectivity index (χ4v) is 2.02. The van der Waals surface area contributed by atoms with Crippen LogP contribution in [0.3, 0.4) is 0 Å². The fourth-order valence-electron chi connectivity index (χ4n) is 1.16.